The molecule has 1 amide bonds. The summed E-state index contributed by atoms with van der Waals surface area (Å²) in [5.41, 5.74) is 1.06. The molecule has 1 aromatic rings. The summed E-state index contributed by atoms with van der Waals surface area (Å²) in [6, 6.07) is 7.48. The number of hydrogen-bond acceptors (Lipinski definition) is 1. The topological polar surface area (TPSA) is 29.1 Å². The van der Waals surface area contributed by atoms with Gasteiger partial charge in [-0.15, -0.1) is 0 Å². The third kappa shape index (κ3) is 3.07. The van der Waals surface area contributed by atoms with Crippen molar-refractivity contribution in [2.75, 3.05) is 0 Å². The molecule has 0 fully saturated rings. The Labute approximate surface area is 82.9 Å². The predicted molar refractivity (Wildman–Crippen MR) is 53.7 cm³/mol. The van der Waals surface area contributed by atoms with Crippen molar-refractivity contribution in [3.63, 3.8) is 0 Å². The Bertz CT molecular complexity index is 294. The summed E-state index contributed by atoms with van der Waals surface area (Å²) in [4.78, 5) is 10.8. The number of halogens is 1. The lowest BCUT2D eigenvalue weighted by Gasteiger charge is -2.12. The summed E-state index contributed by atoms with van der Waals surface area (Å²) in [5.74, 6) is -0.0255. The van der Waals surface area contributed by atoms with Crippen LogP contribution in [-0.4, -0.2) is 5.91 Å². The summed E-state index contributed by atoms with van der Waals surface area (Å²) in [5, 5.41) is 3.50. The fourth-order valence-electron chi connectivity index (χ4n) is 1.14. The summed E-state index contributed by atoms with van der Waals surface area (Å²) >= 11 is 5.73. The largest absolute Gasteiger partial charge is 0.350 e. The summed E-state index contributed by atoms with van der Waals surface area (Å²) in [6.45, 7) is 3.44. The molecule has 3 heteroatoms. The zero-order chi connectivity index (χ0) is 9.84. The Hall–Kier alpha value is -1.02. The Morgan fingerprint density at radius 3 is 2.38 bits per heavy atom. The maximum Gasteiger partial charge on any atom is 0.217 e. The normalized spacial score (nSPS) is 12.2. The van der Waals surface area contributed by atoms with E-state index in [0.717, 1.165) is 5.56 Å². The first-order chi connectivity index (χ1) is 6.09. The molecule has 0 saturated heterocycles. The molecule has 0 heterocycles. The van der Waals surface area contributed by atoms with Crippen molar-refractivity contribution < 1.29 is 4.79 Å². The highest BCUT2D eigenvalue weighted by molar-refractivity contribution is 6.30. The molecule has 0 unspecified atom stereocenters. The molecule has 0 aliphatic heterocycles. The van der Waals surface area contributed by atoms with Gasteiger partial charge in [0.2, 0.25) is 5.91 Å². The van der Waals surface area contributed by atoms with E-state index in [9.17, 15) is 4.79 Å². The number of hydrogen-bond donors (Lipinski definition) is 1. The van der Waals surface area contributed by atoms with Crippen molar-refractivity contribution in [1.82, 2.24) is 5.32 Å². The van der Waals surface area contributed by atoms with Gasteiger partial charge in [0.05, 0.1) is 6.04 Å². The second-order valence-corrected chi connectivity index (χ2v) is 3.41. The molecule has 2 nitrogen and oxygen atoms in total. The van der Waals surface area contributed by atoms with Crippen molar-refractivity contribution >= 4 is 17.5 Å². The number of benzene rings is 1. The van der Waals surface area contributed by atoms with Crippen LogP contribution in [0.4, 0.5) is 0 Å². The smallest absolute Gasteiger partial charge is 0.217 e. The molecule has 13 heavy (non-hydrogen) atoms. The number of carbonyl (C=O) groups is 1. The fraction of sp³-hybridized carbons (Fsp3) is 0.300. The third-order valence-corrected chi connectivity index (χ3v) is 2.04. The van der Waals surface area contributed by atoms with Crippen LogP contribution in [0, 0.1) is 0 Å². The molecule has 0 aliphatic carbocycles. The van der Waals surface area contributed by atoms with Gasteiger partial charge in [-0.3, -0.25) is 4.79 Å². The van der Waals surface area contributed by atoms with Crippen LogP contribution in [0.25, 0.3) is 0 Å². The van der Waals surface area contributed by atoms with E-state index in [4.69, 9.17) is 11.6 Å². The maximum absolute atomic E-state index is 10.8. The molecule has 1 aromatic carbocycles. The second-order valence-electron chi connectivity index (χ2n) is 2.97. The average Bonchev–Trinajstić information content (AvgIpc) is 2.04. The van der Waals surface area contributed by atoms with Crippen LogP contribution in [0.3, 0.4) is 0 Å². The molecule has 0 bridgehead atoms. The molecular formula is C10H12ClNO. The number of rotatable bonds is 2. The Kier molecular flexibility index (Phi) is 3.32. The van der Waals surface area contributed by atoms with E-state index < -0.39 is 0 Å². The number of amides is 1. The molecule has 0 aliphatic rings. The van der Waals surface area contributed by atoms with E-state index in [2.05, 4.69) is 5.32 Å². The SMILES string of the molecule is CC(=O)N[C@H](C)c1ccc(Cl)cc1. The van der Waals surface area contributed by atoms with E-state index in [1.807, 2.05) is 31.2 Å². The van der Waals surface area contributed by atoms with Gasteiger partial charge in [0.25, 0.3) is 0 Å². The molecule has 1 N–H and O–H groups in total. The van der Waals surface area contributed by atoms with Crippen LogP contribution < -0.4 is 5.32 Å². The van der Waals surface area contributed by atoms with E-state index in [1.165, 1.54) is 6.92 Å². The summed E-state index contributed by atoms with van der Waals surface area (Å²) in [7, 11) is 0. The number of carbonyl (C=O) groups excluding carboxylic acids is 1. The van der Waals surface area contributed by atoms with Gasteiger partial charge >= 0.3 is 0 Å². The minimum absolute atomic E-state index is 0.0255. The van der Waals surface area contributed by atoms with Crippen molar-refractivity contribution in [3.05, 3.63) is 34.9 Å². The Morgan fingerprint density at radius 2 is 1.92 bits per heavy atom. The van der Waals surface area contributed by atoms with Gasteiger partial charge in [-0.25, -0.2) is 0 Å². The monoisotopic (exact) mass is 197 g/mol. The first kappa shape index (κ1) is 10.1. The van der Waals surface area contributed by atoms with Gasteiger partial charge in [0.1, 0.15) is 0 Å². The lowest BCUT2D eigenvalue weighted by molar-refractivity contribution is -0.119. The van der Waals surface area contributed by atoms with Crippen LogP contribution in [-0.2, 0) is 4.79 Å². The molecule has 70 valence electrons. The zero-order valence-electron chi connectivity index (χ0n) is 7.67. The van der Waals surface area contributed by atoms with Crippen LogP contribution in [0.5, 0.6) is 0 Å². The minimum Gasteiger partial charge on any atom is -0.350 e. The first-order valence-electron chi connectivity index (χ1n) is 4.12. The molecule has 0 saturated carbocycles. The first-order valence-corrected chi connectivity index (χ1v) is 4.50. The highest BCUT2D eigenvalue weighted by Crippen LogP contribution is 2.15. The molecule has 1 atom stereocenters. The van der Waals surface area contributed by atoms with Gasteiger partial charge in [0, 0.05) is 11.9 Å². The van der Waals surface area contributed by atoms with Gasteiger partial charge in [-0.1, -0.05) is 23.7 Å². The quantitative estimate of drug-likeness (QED) is 0.776. The third-order valence-electron chi connectivity index (χ3n) is 1.79. The Morgan fingerprint density at radius 1 is 1.38 bits per heavy atom. The van der Waals surface area contributed by atoms with Crippen molar-refractivity contribution in [3.8, 4) is 0 Å². The second kappa shape index (κ2) is 4.28. The van der Waals surface area contributed by atoms with Gasteiger partial charge in [0.15, 0.2) is 0 Å². The standard InChI is InChI=1S/C10H12ClNO/c1-7(12-8(2)13)9-3-5-10(11)6-4-9/h3-7H,1-2H3,(H,12,13)/t7-/m1/s1. The highest BCUT2D eigenvalue weighted by Gasteiger charge is 2.05. The Balaban J connectivity index is 2.71. The van der Waals surface area contributed by atoms with E-state index in [-0.39, 0.29) is 11.9 Å². The van der Waals surface area contributed by atoms with Crippen molar-refractivity contribution in [1.29, 1.82) is 0 Å². The van der Waals surface area contributed by atoms with E-state index in [1.54, 1.807) is 0 Å². The molecule has 0 aromatic heterocycles. The zero-order valence-corrected chi connectivity index (χ0v) is 8.43. The van der Waals surface area contributed by atoms with Gasteiger partial charge in [-0.05, 0) is 24.6 Å². The van der Waals surface area contributed by atoms with Crippen molar-refractivity contribution in [2.45, 2.75) is 19.9 Å². The van der Waals surface area contributed by atoms with Crippen LogP contribution >= 0.6 is 11.6 Å². The van der Waals surface area contributed by atoms with Crippen LogP contribution in [0.1, 0.15) is 25.5 Å². The maximum atomic E-state index is 10.8. The predicted octanol–water partition coefficient (Wildman–Crippen LogP) is 2.54. The van der Waals surface area contributed by atoms with Crippen molar-refractivity contribution in [2.24, 2.45) is 0 Å². The average molecular weight is 198 g/mol. The lowest BCUT2D eigenvalue weighted by atomic mass is 10.1. The molecule has 1 rings (SSSR count). The highest BCUT2D eigenvalue weighted by atomic mass is 35.5. The lowest BCUT2D eigenvalue weighted by Crippen LogP contribution is -2.23. The van der Waals surface area contributed by atoms with Crippen LogP contribution in [0.15, 0.2) is 24.3 Å². The van der Waals surface area contributed by atoms with E-state index in [0.29, 0.717) is 5.02 Å². The molecule has 0 radical (unpaired) electrons. The fourth-order valence-corrected chi connectivity index (χ4v) is 1.27. The van der Waals surface area contributed by atoms with Gasteiger partial charge in [-0.2, -0.15) is 0 Å². The minimum atomic E-state index is -0.0255. The molecular weight excluding hydrogens is 186 g/mol. The van der Waals surface area contributed by atoms with E-state index >= 15 is 0 Å². The van der Waals surface area contributed by atoms with Gasteiger partial charge < -0.3 is 5.32 Å². The summed E-state index contributed by atoms with van der Waals surface area (Å²) in [6.07, 6.45) is 0. The van der Waals surface area contributed by atoms with Crippen LogP contribution in [0.2, 0.25) is 5.02 Å². The summed E-state index contributed by atoms with van der Waals surface area (Å²) < 4.78 is 0. The number of nitrogens with one attached hydrogen (secondary N) is 1. The molecule has 0 spiro atoms.